The second-order valence-electron chi connectivity index (χ2n) is 5.28. The van der Waals surface area contributed by atoms with Crippen LogP contribution in [0.3, 0.4) is 0 Å². The van der Waals surface area contributed by atoms with Crippen molar-refractivity contribution in [3.63, 3.8) is 0 Å². The van der Waals surface area contributed by atoms with Crippen LogP contribution in [0.15, 0.2) is 48.5 Å². The highest BCUT2D eigenvalue weighted by molar-refractivity contribution is 5.91. The van der Waals surface area contributed by atoms with E-state index in [0.717, 1.165) is 18.4 Å². The monoisotopic (exact) mass is 298 g/mol. The van der Waals surface area contributed by atoms with Gasteiger partial charge in [-0.2, -0.15) is 0 Å². The highest BCUT2D eigenvalue weighted by Gasteiger charge is 2.10. The number of hydrogen-bond acceptors (Lipinski definition) is 3. The maximum Gasteiger partial charge on any atom is 0.343 e. The third kappa shape index (κ3) is 4.18. The number of carbonyl (C=O) groups is 1. The Kier molecular flexibility index (Phi) is 5.73. The Morgan fingerprint density at radius 1 is 1.05 bits per heavy atom. The lowest BCUT2D eigenvalue weighted by atomic mass is 10.1. The average molecular weight is 298 g/mol. The van der Waals surface area contributed by atoms with Crippen LogP contribution in [-0.2, 0) is 11.2 Å². The summed E-state index contributed by atoms with van der Waals surface area (Å²) in [5.74, 6) is 0.221. The smallest absolute Gasteiger partial charge is 0.343 e. The number of aryl methyl sites for hydroxylation is 1. The second-order valence-corrected chi connectivity index (χ2v) is 5.28. The zero-order valence-corrected chi connectivity index (χ0v) is 13.3. The van der Waals surface area contributed by atoms with Crippen LogP contribution in [0, 0.1) is 0 Å². The van der Waals surface area contributed by atoms with Crippen molar-refractivity contribution < 1.29 is 14.3 Å². The Bertz CT molecular complexity index is 600. The van der Waals surface area contributed by atoms with Gasteiger partial charge in [0.25, 0.3) is 0 Å². The first-order chi connectivity index (χ1) is 10.6. The fourth-order valence-electron chi connectivity index (χ4n) is 2.21. The van der Waals surface area contributed by atoms with E-state index in [9.17, 15) is 4.79 Å². The summed E-state index contributed by atoms with van der Waals surface area (Å²) in [6.07, 6.45) is 2.15. The summed E-state index contributed by atoms with van der Waals surface area (Å²) in [5, 5.41) is 0. The number of carbonyl (C=O) groups excluding carboxylic acids is 1. The molecule has 0 aromatic heterocycles. The lowest BCUT2D eigenvalue weighted by Gasteiger charge is -2.10. The van der Waals surface area contributed by atoms with E-state index in [1.54, 1.807) is 19.2 Å². The molecule has 0 bridgehead atoms. The predicted molar refractivity (Wildman–Crippen MR) is 87.3 cm³/mol. The van der Waals surface area contributed by atoms with Crippen molar-refractivity contribution in [2.45, 2.75) is 32.8 Å². The van der Waals surface area contributed by atoms with Crippen molar-refractivity contribution in [2.24, 2.45) is 0 Å². The van der Waals surface area contributed by atoms with Crippen LogP contribution < -0.4 is 4.74 Å². The molecule has 2 aromatic carbocycles. The number of esters is 1. The highest BCUT2D eigenvalue weighted by Crippen LogP contribution is 2.18. The van der Waals surface area contributed by atoms with Gasteiger partial charge in [-0.15, -0.1) is 0 Å². The fourth-order valence-corrected chi connectivity index (χ4v) is 2.21. The van der Waals surface area contributed by atoms with Gasteiger partial charge in [0.05, 0.1) is 11.7 Å². The molecule has 0 heterocycles. The lowest BCUT2D eigenvalue weighted by molar-refractivity contribution is 0.0734. The first kappa shape index (κ1) is 16.2. The summed E-state index contributed by atoms with van der Waals surface area (Å²) in [6, 6.07) is 15.0. The van der Waals surface area contributed by atoms with Crippen molar-refractivity contribution >= 4 is 5.97 Å². The standard InChI is InChI=1S/C19H22O3/c1-4-5-15-6-12-18(13-7-15)22-19(20)17-10-8-16(9-11-17)14(2)21-3/h6-14H,4-5H2,1-3H3. The molecule has 2 rings (SSSR count). The minimum atomic E-state index is -0.347. The molecule has 3 nitrogen and oxygen atoms in total. The van der Waals surface area contributed by atoms with Crippen LogP contribution in [0.25, 0.3) is 0 Å². The predicted octanol–water partition coefficient (Wildman–Crippen LogP) is 4.57. The normalized spacial score (nSPS) is 12.0. The molecule has 22 heavy (non-hydrogen) atoms. The molecule has 0 aliphatic carbocycles. The molecule has 0 radical (unpaired) electrons. The maximum atomic E-state index is 12.1. The first-order valence-corrected chi connectivity index (χ1v) is 7.58. The lowest BCUT2D eigenvalue weighted by Crippen LogP contribution is -2.08. The molecule has 0 aliphatic rings. The first-order valence-electron chi connectivity index (χ1n) is 7.58. The van der Waals surface area contributed by atoms with Gasteiger partial charge < -0.3 is 9.47 Å². The van der Waals surface area contributed by atoms with E-state index in [2.05, 4.69) is 6.92 Å². The zero-order valence-electron chi connectivity index (χ0n) is 13.3. The number of methoxy groups -OCH3 is 1. The summed E-state index contributed by atoms with van der Waals surface area (Å²) in [6.45, 7) is 4.10. The molecule has 116 valence electrons. The molecule has 0 aliphatic heterocycles. The van der Waals surface area contributed by atoms with Crippen LogP contribution in [0.2, 0.25) is 0 Å². The molecule has 0 saturated heterocycles. The molecule has 1 atom stereocenters. The Morgan fingerprint density at radius 3 is 2.23 bits per heavy atom. The van der Waals surface area contributed by atoms with Crippen LogP contribution in [0.5, 0.6) is 5.75 Å². The van der Waals surface area contributed by atoms with Gasteiger partial charge >= 0.3 is 5.97 Å². The number of rotatable bonds is 6. The van der Waals surface area contributed by atoms with Gasteiger partial charge in [-0.1, -0.05) is 37.6 Å². The van der Waals surface area contributed by atoms with Crippen LogP contribution in [-0.4, -0.2) is 13.1 Å². The second kappa shape index (κ2) is 7.76. The number of ether oxygens (including phenoxy) is 2. The van der Waals surface area contributed by atoms with E-state index in [1.165, 1.54) is 5.56 Å². The Hall–Kier alpha value is -2.13. The van der Waals surface area contributed by atoms with E-state index in [-0.39, 0.29) is 12.1 Å². The van der Waals surface area contributed by atoms with E-state index < -0.39 is 0 Å². The molecule has 2 aromatic rings. The van der Waals surface area contributed by atoms with E-state index in [0.29, 0.717) is 11.3 Å². The summed E-state index contributed by atoms with van der Waals surface area (Å²) < 4.78 is 10.6. The highest BCUT2D eigenvalue weighted by atomic mass is 16.5. The van der Waals surface area contributed by atoms with Gasteiger partial charge in [-0.05, 0) is 48.7 Å². The molecule has 0 spiro atoms. The summed E-state index contributed by atoms with van der Waals surface area (Å²) in [5.41, 5.74) is 2.81. The Balaban J connectivity index is 2.02. The van der Waals surface area contributed by atoms with Gasteiger partial charge in [0.2, 0.25) is 0 Å². The maximum absolute atomic E-state index is 12.1. The molecule has 3 heteroatoms. The summed E-state index contributed by atoms with van der Waals surface area (Å²) in [7, 11) is 1.66. The van der Waals surface area contributed by atoms with Crippen LogP contribution in [0.4, 0.5) is 0 Å². The van der Waals surface area contributed by atoms with Crippen molar-refractivity contribution in [1.29, 1.82) is 0 Å². The van der Waals surface area contributed by atoms with E-state index in [1.807, 2.05) is 43.3 Å². The number of hydrogen-bond donors (Lipinski definition) is 0. The Morgan fingerprint density at radius 2 is 1.68 bits per heavy atom. The minimum Gasteiger partial charge on any atom is -0.423 e. The van der Waals surface area contributed by atoms with E-state index in [4.69, 9.17) is 9.47 Å². The van der Waals surface area contributed by atoms with Crippen LogP contribution >= 0.6 is 0 Å². The SMILES string of the molecule is CCCc1ccc(OC(=O)c2ccc(C(C)OC)cc2)cc1. The van der Waals surface area contributed by atoms with Crippen molar-refractivity contribution in [3.8, 4) is 5.75 Å². The van der Waals surface area contributed by atoms with Gasteiger partial charge in [0, 0.05) is 7.11 Å². The number of benzene rings is 2. The largest absolute Gasteiger partial charge is 0.423 e. The zero-order chi connectivity index (χ0) is 15.9. The molecular weight excluding hydrogens is 276 g/mol. The molecule has 0 saturated carbocycles. The van der Waals surface area contributed by atoms with Crippen molar-refractivity contribution in [2.75, 3.05) is 7.11 Å². The van der Waals surface area contributed by atoms with E-state index >= 15 is 0 Å². The van der Waals surface area contributed by atoms with Crippen molar-refractivity contribution in [1.82, 2.24) is 0 Å². The topological polar surface area (TPSA) is 35.5 Å². The molecular formula is C19H22O3. The van der Waals surface area contributed by atoms with Gasteiger partial charge in [-0.3, -0.25) is 0 Å². The van der Waals surface area contributed by atoms with Crippen LogP contribution in [0.1, 0.15) is 47.9 Å². The average Bonchev–Trinajstić information content (AvgIpc) is 2.56. The summed E-state index contributed by atoms with van der Waals surface area (Å²) >= 11 is 0. The van der Waals surface area contributed by atoms with Gasteiger partial charge in [0.15, 0.2) is 0 Å². The quantitative estimate of drug-likeness (QED) is 0.579. The Labute approximate surface area is 131 Å². The fraction of sp³-hybridized carbons (Fsp3) is 0.316. The van der Waals surface area contributed by atoms with Gasteiger partial charge in [0.1, 0.15) is 5.75 Å². The molecule has 0 amide bonds. The van der Waals surface area contributed by atoms with Gasteiger partial charge in [-0.25, -0.2) is 4.79 Å². The molecule has 0 N–H and O–H groups in total. The minimum absolute atomic E-state index is 0.0104. The molecule has 1 unspecified atom stereocenters. The molecule has 0 fully saturated rings. The summed E-state index contributed by atoms with van der Waals surface area (Å²) in [4.78, 5) is 12.1. The van der Waals surface area contributed by atoms with Crippen molar-refractivity contribution in [3.05, 3.63) is 65.2 Å². The third-order valence-electron chi connectivity index (χ3n) is 3.64. The third-order valence-corrected chi connectivity index (χ3v) is 3.64.